The molecule has 0 atom stereocenters. The first kappa shape index (κ1) is 15.3. The van der Waals surface area contributed by atoms with E-state index < -0.39 is 0 Å². The summed E-state index contributed by atoms with van der Waals surface area (Å²) in [6, 6.07) is 9.17. The predicted molar refractivity (Wildman–Crippen MR) is 89.8 cm³/mol. The minimum atomic E-state index is -0.237. The van der Waals surface area contributed by atoms with Gasteiger partial charge in [-0.25, -0.2) is 0 Å². The van der Waals surface area contributed by atoms with Crippen molar-refractivity contribution in [1.82, 2.24) is 4.98 Å². The summed E-state index contributed by atoms with van der Waals surface area (Å²) in [6.45, 7) is 6.25. The molecule has 0 saturated heterocycles. The van der Waals surface area contributed by atoms with Crippen molar-refractivity contribution in [2.45, 2.75) is 6.92 Å². The monoisotopic (exact) mass is 345 g/mol. The highest BCUT2D eigenvalue weighted by Gasteiger charge is 2.09. The van der Waals surface area contributed by atoms with Gasteiger partial charge >= 0.3 is 0 Å². The molecule has 2 N–H and O–H groups in total. The molecule has 1 aromatic heterocycles. The second-order valence-corrected chi connectivity index (χ2v) is 5.37. The summed E-state index contributed by atoms with van der Waals surface area (Å²) in [5.74, 6) is -0.237. The Morgan fingerprint density at radius 3 is 2.86 bits per heavy atom. The molecular formula is C16H16BrN3O. The Bertz CT molecular complexity index is 670. The van der Waals surface area contributed by atoms with Crippen LogP contribution in [0.25, 0.3) is 0 Å². The van der Waals surface area contributed by atoms with Crippen LogP contribution in [0.5, 0.6) is 0 Å². The van der Waals surface area contributed by atoms with Crippen LogP contribution in [-0.2, 0) is 0 Å². The first-order valence-corrected chi connectivity index (χ1v) is 7.28. The molecule has 0 aliphatic rings. The van der Waals surface area contributed by atoms with Gasteiger partial charge in [0.2, 0.25) is 0 Å². The topological polar surface area (TPSA) is 54.0 Å². The van der Waals surface area contributed by atoms with E-state index in [9.17, 15) is 4.79 Å². The van der Waals surface area contributed by atoms with E-state index in [1.807, 2.05) is 31.2 Å². The molecule has 0 aliphatic heterocycles. The van der Waals surface area contributed by atoms with Crippen LogP contribution in [0.3, 0.4) is 0 Å². The molecule has 21 heavy (non-hydrogen) atoms. The Labute approximate surface area is 132 Å². The van der Waals surface area contributed by atoms with E-state index in [0.717, 1.165) is 21.4 Å². The molecule has 4 nitrogen and oxygen atoms in total. The number of nitrogens with zero attached hydrogens (tertiary/aromatic N) is 1. The molecule has 0 fully saturated rings. The summed E-state index contributed by atoms with van der Waals surface area (Å²) in [4.78, 5) is 16.3. The molecule has 108 valence electrons. The van der Waals surface area contributed by atoms with Gasteiger partial charge in [0.15, 0.2) is 0 Å². The average molecular weight is 346 g/mol. The van der Waals surface area contributed by atoms with Crippen LogP contribution in [0.2, 0.25) is 0 Å². The molecule has 0 saturated carbocycles. The SMILES string of the molecule is C=CCNc1ccnc(C(=O)Nc2ccc(Br)c(C)c2)c1. The van der Waals surface area contributed by atoms with Gasteiger partial charge in [-0.2, -0.15) is 0 Å². The molecule has 0 bridgehead atoms. The van der Waals surface area contributed by atoms with Gasteiger partial charge in [-0.05, 0) is 42.8 Å². The molecule has 0 aliphatic carbocycles. The molecule has 0 spiro atoms. The molecule has 1 amide bonds. The highest BCUT2D eigenvalue weighted by molar-refractivity contribution is 9.10. The lowest BCUT2D eigenvalue weighted by Crippen LogP contribution is -2.14. The van der Waals surface area contributed by atoms with Crippen molar-refractivity contribution in [3.8, 4) is 0 Å². The van der Waals surface area contributed by atoms with E-state index in [1.165, 1.54) is 0 Å². The zero-order valence-electron chi connectivity index (χ0n) is 11.7. The number of aryl methyl sites for hydroxylation is 1. The number of nitrogens with one attached hydrogen (secondary N) is 2. The third-order valence-electron chi connectivity index (χ3n) is 2.86. The van der Waals surface area contributed by atoms with Crippen molar-refractivity contribution < 1.29 is 4.79 Å². The maximum absolute atomic E-state index is 12.2. The maximum atomic E-state index is 12.2. The molecule has 1 heterocycles. The van der Waals surface area contributed by atoms with Crippen LogP contribution in [-0.4, -0.2) is 17.4 Å². The Kier molecular flexibility index (Phi) is 5.11. The third kappa shape index (κ3) is 4.16. The van der Waals surface area contributed by atoms with Crippen molar-refractivity contribution in [1.29, 1.82) is 0 Å². The lowest BCUT2D eigenvalue weighted by molar-refractivity contribution is 0.102. The number of carbonyl (C=O) groups is 1. The van der Waals surface area contributed by atoms with Crippen molar-refractivity contribution in [2.75, 3.05) is 17.2 Å². The lowest BCUT2D eigenvalue weighted by Gasteiger charge is -2.08. The van der Waals surface area contributed by atoms with Crippen LogP contribution in [0, 0.1) is 6.92 Å². The zero-order valence-corrected chi connectivity index (χ0v) is 13.3. The fraction of sp³-hybridized carbons (Fsp3) is 0.125. The fourth-order valence-corrected chi connectivity index (χ4v) is 2.02. The van der Waals surface area contributed by atoms with E-state index in [2.05, 4.69) is 38.1 Å². The Hall–Kier alpha value is -2.14. The quantitative estimate of drug-likeness (QED) is 0.805. The standard InChI is InChI=1S/C16H16BrN3O/c1-3-7-18-12-6-8-19-15(10-12)16(21)20-13-4-5-14(17)11(2)9-13/h3-6,8-10H,1,7H2,2H3,(H,18,19)(H,20,21). The maximum Gasteiger partial charge on any atom is 0.274 e. The van der Waals surface area contributed by atoms with Crippen LogP contribution in [0.1, 0.15) is 16.1 Å². The minimum absolute atomic E-state index is 0.237. The molecule has 0 radical (unpaired) electrons. The van der Waals surface area contributed by atoms with Crippen LogP contribution in [0.15, 0.2) is 53.7 Å². The number of benzene rings is 1. The van der Waals surface area contributed by atoms with E-state index in [0.29, 0.717) is 12.2 Å². The van der Waals surface area contributed by atoms with E-state index in [-0.39, 0.29) is 5.91 Å². The number of hydrogen-bond acceptors (Lipinski definition) is 3. The highest BCUT2D eigenvalue weighted by Crippen LogP contribution is 2.20. The van der Waals surface area contributed by atoms with Gasteiger partial charge in [-0.15, -0.1) is 6.58 Å². The van der Waals surface area contributed by atoms with Gasteiger partial charge in [0.05, 0.1) is 0 Å². The molecule has 2 rings (SSSR count). The van der Waals surface area contributed by atoms with E-state index in [1.54, 1.807) is 18.3 Å². The first-order valence-electron chi connectivity index (χ1n) is 6.48. The summed E-state index contributed by atoms with van der Waals surface area (Å²) >= 11 is 3.43. The number of pyridine rings is 1. The number of anilines is 2. The summed E-state index contributed by atoms with van der Waals surface area (Å²) in [6.07, 6.45) is 3.36. The molecule has 1 aromatic carbocycles. The van der Waals surface area contributed by atoms with Crippen molar-refractivity contribution in [3.63, 3.8) is 0 Å². The van der Waals surface area contributed by atoms with Gasteiger partial charge in [0, 0.05) is 28.6 Å². The number of halogens is 1. The number of aromatic nitrogens is 1. The lowest BCUT2D eigenvalue weighted by atomic mass is 10.2. The summed E-state index contributed by atoms with van der Waals surface area (Å²) < 4.78 is 1.01. The number of amides is 1. The van der Waals surface area contributed by atoms with Crippen LogP contribution >= 0.6 is 15.9 Å². The molecule has 2 aromatic rings. The van der Waals surface area contributed by atoms with Gasteiger partial charge in [0.25, 0.3) is 5.91 Å². The van der Waals surface area contributed by atoms with Gasteiger partial charge < -0.3 is 10.6 Å². The average Bonchev–Trinajstić information content (AvgIpc) is 2.49. The second-order valence-electron chi connectivity index (χ2n) is 4.52. The molecule has 0 unspecified atom stereocenters. The molecule has 5 heteroatoms. The van der Waals surface area contributed by atoms with Gasteiger partial charge in [-0.1, -0.05) is 22.0 Å². The fourth-order valence-electron chi connectivity index (χ4n) is 1.77. The van der Waals surface area contributed by atoms with Crippen LogP contribution < -0.4 is 10.6 Å². The number of rotatable bonds is 5. The Morgan fingerprint density at radius 2 is 2.14 bits per heavy atom. The largest absolute Gasteiger partial charge is 0.381 e. The predicted octanol–water partition coefficient (Wildman–Crippen LogP) is 4.00. The van der Waals surface area contributed by atoms with E-state index in [4.69, 9.17) is 0 Å². The van der Waals surface area contributed by atoms with Crippen LogP contribution in [0.4, 0.5) is 11.4 Å². The normalized spacial score (nSPS) is 10.0. The van der Waals surface area contributed by atoms with Crippen molar-refractivity contribution >= 4 is 33.2 Å². The van der Waals surface area contributed by atoms with E-state index >= 15 is 0 Å². The highest BCUT2D eigenvalue weighted by atomic mass is 79.9. The molecular weight excluding hydrogens is 330 g/mol. The number of carbonyl (C=O) groups excluding carboxylic acids is 1. The van der Waals surface area contributed by atoms with Gasteiger partial charge in [0.1, 0.15) is 5.69 Å². The van der Waals surface area contributed by atoms with Crippen molar-refractivity contribution in [3.05, 3.63) is 64.9 Å². The third-order valence-corrected chi connectivity index (χ3v) is 3.75. The second kappa shape index (κ2) is 7.04. The summed E-state index contributed by atoms with van der Waals surface area (Å²) in [5, 5.41) is 5.97. The minimum Gasteiger partial charge on any atom is -0.381 e. The number of hydrogen-bond donors (Lipinski definition) is 2. The summed E-state index contributed by atoms with van der Waals surface area (Å²) in [5.41, 5.74) is 3.00. The Morgan fingerprint density at radius 1 is 1.33 bits per heavy atom. The Balaban J connectivity index is 2.12. The first-order chi connectivity index (χ1) is 10.1. The van der Waals surface area contributed by atoms with Gasteiger partial charge in [-0.3, -0.25) is 9.78 Å². The van der Waals surface area contributed by atoms with Crippen molar-refractivity contribution in [2.24, 2.45) is 0 Å². The smallest absolute Gasteiger partial charge is 0.274 e. The summed E-state index contributed by atoms with van der Waals surface area (Å²) in [7, 11) is 0. The zero-order chi connectivity index (χ0) is 15.2.